The minimum atomic E-state index is -1.42. The van der Waals surface area contributed by atoms with Crippen molar-refractivity contribution in [2.45, 2.75) is 25.2 Å². The number of hydrogen-bond acceptors (Lipinski definition) is 8. The molecule has 244 valence electrons. The van der Waals surface area contributed by atoms with Gasteiger partial charge in [0.1, 0.15) is 0 Å². The molecule has 6 atom stereocenters. The number of primary amides is 1. The maximum atomic E-state index is 15.0. The molecular formula is C37H34N4O7. The van der Waals surface area contributed by atoms with E-state index in [1.54, 1.807) is 30.3 Å². The molecule has 6 amide bonds. The summed E-state index contributed by atoms with van der Waals surface area (Å²) in [4.78, 5) is 69.2. The van der Waals surface area contributed by atoms with Gasteiger partial charge in [-0.05, 0) is 61.1 Å². The number of ether oxygens (including phenoxy) is 1. The highest BCUT2D eigenvalue weighted by molar-refractivity contribution is 6.17. The molecule has 3 aromatic carbocycles. The van der Waals surface area contributed by atoms with Gasteiger partial charge in [0.25, 0.3) is 11.8 Å². The number of anilines is 1. The number of hydrogen-bond donors (Lipinski definition) is 3. The van der Waals surface area contributed by atoms with E-state index in [1.165, 1.54) is 13.2 Å². The Bertz CT molecular complexity index is 1920. The maximum absolute atomic E-state index is 15.0. The number of aromatic hydroxyl groups is 1. The molecule has 1 saturated carbocycles. The number of carbonyl (C=O) groups is 5. The van der Waals surface area contributed by atoms with E-state index in [9.17, 15) is 24.3 Å². The SMILES string of the molecule is COc1cc(C=CC2C3=CCC4C(=O)N(C(N)=O)C(=O)C4C3CC3C(=O)N(Nc4ccc(C)cc4)C(=O)C23c2ccccc2)ccc1O. The Balaban J connectivity index is 1.42. The van der Waals surface area contributed by atoms with Crippen molar-refractivity contribution in [3.05, 3.63) is 107 Å². The van der Waals surface area contributed by atoms with Crippen molar-refractivity contribution in [2.75, 3.05) is 12.5 Å². The summed E-state index contributed by atoms with van der Waals surface area (Å²) in [5, 5.41) is 11.3. The fraction of sp³-hybridized carbons (Fsp3) is 0.270. The summed E-state index contributed by atoms with van der Waals surface area (Å²) in [6, 6.07) is 20.2. The van der Waals surface area contributed by atoms with Crippen molar-refractivity contribution >= 4 is 41.4 Å². The standard InChI is InChI=1S/C37H34N4O7/c1-20-8-12-23(13-9-20)39-41-33(44)28-19-26-24(14-15-25-31(26)34(45)40(32(25)43)36(38)47)27(16-10-21-11-17-29(42)30(18-21)48-2)37(28,35(41)46)22-6-4-3-5-7-22/h3-14,16-18,25-28,31,39,42H,15,19H2,1-2H3,(H2,38,47). The number of allylic oxidation sites excluding steroid dienone is 3. The summed E-state index contributed by atoms with van der Waals surface area (Å²) in [5.41, 5.74) is 10.7. The molecule has 11 nitrogen and oxygen atoms in total. The average Bonchev–Trinajstić information content (AvgIpc) is 3.47. The largest absolute Gasteiger partial charge is 0.504 e. The van der Waals surface area contributed by atoms with Gasteiger partial charge in [-0.25, -0.2) is 4.79 Å². The number of amides is 6. The van der Waals surface area contributed by atoms with E-state index >= 15 is 4.79 Å². The van der Waals surface area contributed by atoms with Gasteiger partial charge in [0.15, 0.2) is 11.5 Å². The number of phenols is 1. The fourth-order valence-electron chi connectivity index (χ4n) is 8.22. The molecule has 6 unspecified atom stereocenters. The topological polar surface area (TPSA) is 159 Å². The minimum absolute atomic E-state index is 0.0351. The minimum Gasteiger partial charge on any atom is -0.504 e. The molecule has 0 spiro atoms. The van der Waals surface area contributed by atoms with Gasteiger partial charge in [-0.3, -0.25) is 24.6 Å². The fourth-order valence-corrected chi connectivity index (χ4v) is 8.22. The smallest absolute Gasteiger partial charge is 0.328 e. The van der Waals surface area contributed by atoms with Crippen LogP contribution in [-0.4, -0.2) is 51.8 Å². The lowest BCUT2D eigenvalue weighted by Crippen LogP contribution is -2.54. The predicted molar refractivity (Wildman–Crippen MR) is 175 cm³/mol. The Kier molecular flexibility index (Phi) is 7.42. The first-order chi connectivity index (χ1) is 23.1. The molecule has 2 heterocycles. The third-order valence-corrected chi connectivity index (χ3v) is 10.4. The van der Waals surface area contributed by atoms with Gasteiger partial charge in [-0.15, -0.1) is 0 Å². The normalized spacial score (nSPS) is 27.9. The second kappa shape index (κ2) is 11.5. The van der Waals surface area contributed by atoms with Crippen LogP contribution < -0.4 is 15.9 Å². The van der Waals surface area contributed by atoms with Gasteiger partial charge in [-0.1, -0.05) is 77.9 Å². The molecule has 4 aliphatic rings. The van der Waals surface area contributed by atoms with Gasteiger partial charge in [0.2, 0.25) is 11.8 Å². The lowest BCUT2D eigenvalue weighted by Gasteiger charge is -2.49. The van der Waals surface area contributed by atoms with E-state index in [2.05, 4.69) is 5.43 Å². The Morgan fingerprint density at radius 2 is 1.71 bits per heavy atom. The van der Waals surface area contributed by atoms with Gasteiger partial charge >= 0.3 is 6.03 Å². The first kappa shape index (κ1) is 30.9. The molecule has 2 saturated heterocycles. The van der Waals surface area contributed by atoms with Crippen LogP contribution in [0.4, 0.5) is 10.5 Å². The van der Waals surface area contributed by atoms with Crippen molar-refractivity contribution in [2.24, 2.45) is 35.3 Å². The number of fused-ring (bicyclic) bond motifs is 4. The number of aryl methyl sites for hydroxylation is 1. The molecule has 3 aromatic rings. The summed E-state index contributed by atoms with van der Waals surface area (Å²) in [6.45, 7) is 1.94. The molecule has 2 aliphatic carbocycles. The van der Waals surface area contributed by atoms with Crippen molar-refractivity contribution in [1.82, 2.24) is 9.91 Å². The number of urea groups is 1. The quantitative estimate of drug-likeness (QED) is 0.264. The molecule has 11 heteroatoms. The van der Waals surface area contributed by atoms with Crippen LogP contribution >= 0.6 is 0 Å². The number of rotatable bonds is 6. The summed E-state index contributed by atoms with van der Waals surface area (Å²) in [6.07, 6.45) is 5.82. The second-order valence-corrected chi connectivity index (χ2v) is 12.8. The monoisotopic (exact) mass is 646 g/mol. The number of benzene rings is 3. The van der Waals surface area contributed by atoms with Crippen LogP contribution in [0, 0.1) is 36.5 Å². The van der Waals surface area contributed by atoms with Crippen LogP contribution in [0.5, 0.6) is 11.5 Å². The zero-order chi connectivity index (χ0) is 33.9. The highest BCUT2D eigenvalue weighted by Crippen LogP contribution is 2.61. The van der Waals surface area contributed by atoms with Crippen molar-refractivity contribution in [3.63, 3.8) is 0 Å². The number of likely N-dealkylation sites (tertiary alicyclic amines) is 1. The summed E-state index contributed by atoms with van der Waals surface area (Å²) < 4.78 is 5.31. The zero-order valence-electron chi connectivity index (χ0n) is 26.3. The summed E-state index contributed by atoms with van der Waals surface area (Å²) in [7, 11) is 1.44. The van der Waals surface area contributed by atoms with Crippen molar-refractivity contribution in [1.29, 1.82) is 0 Å². The van der Waals surface area contributed by atoms with Crippen LogP contribution in [0.15, 0.2) is 90.5 Å². The Labute approximate surface area is 276 Å². The molecular weight excluding hydrogens is 612 g/mol. The highest BCUT2D eigenvalue weighted by Gasteiger charge is 2.69. The Hall–Kier alpha value is -5.71. The summed E-state index contributed by atoms with van der Waals surface area (Å²) in [5.74, 6) is -6.01. The van der Waals surface area contributed by atoms with Crippen LogP contribution in [-0.2, 0) is 24.6 Å². The first-order valence-electron chi connectivity index (χ1n) is 15.8. The van der Waals surface area contributed by atoms with Gasteiger partial charge in [0, 0.05) is 5.92 Å². The number of nitrogens with two attached hydrogens (primary N) is 1. The van der Waals surface area contributed by atoms with E-state index < -0.39 is 64.7 Å². The molecule has 3 fully saturated rings. The van der Waals surface area contributed by atoms with Gasteiger partial charge in [0.05, 0.1) is 36.0 Å². The van der Waals surface area contributed by atoms with Crippen molar-refractivity contribution < 1.29 is 33.8 Å². The van der Waals surface area contributed by atoms with Crippen LogP contribution in [0.3, 0.4) is 0 Å². The number of methoxy groups -OCH3 is 1. The van der Waals surface area contributed by atoms with E-state index in [0.29, 0.717) is 21.7 Å². The molecule has 0 bridgehead atoms. The number of nitrogens with one attached hydrogen (secondary N) is 1. The Morgan fingerprint density at radius 3 is 2.40 bits per heavy atom. The molecule has 0 radical (unpaired) electrons. The molecule has 4 N–H and O–H groups in total. The summed E-state index contributed by atoms with van der Waals surface area (Å²) >= 11 is 0. The maximum Gasteiger partial charge on any atom is 0.328 e. The third kappa shape index (κ3) is 4.52. The van der Waals surface area contributed by atoms with Crippen LogP contribution in [0.1, 0.15) is 29.5 Å². The highest BCUT2D eigenvalue weighted by atomic mass is 16.5. The number of carbonyl (C=O) groups excluding carboxylic acids is 5. The molecule has 0 aromatic heterocycles. The number of nitrogens with zero attached hydrogens (tertiary/aromatic N) is 2. The van der Waals surface area contributed by atoms with E-state index in [0.717, 1.165) is 16.1 Å². The van der Waals surface area contributed by atoms with Crippen LogP contribution in [0.2, 0.25) is 0 Å². The van der Waals surface area contributed by atoms with E-state index in [-0.39, 0.29) is 24.3 Å². The Morgan fingerprint density at radius 1 is 0.979 bits per heavy atom. The lowest BCUT2D eigenvalue weighted by atomic mass is 9.50. The second-order valence-electron chi connectivity index (χ2n) is 12.8. The van der Waals surface area contributed by atoms with Gasteiger partial charge in [-0.2, -0.15) is 9.91 Å². The van der Waals surface area contributed by atoms with E-state index in [4.69, 9.17) is 10.5 Å². The van der Waals surface area contributed by atoms with Crippen molar-refractivity contribution in [3.8, 4) is 11.5 Å². The predicted octanol–water partition coefficient (Wildman–Crippen LogP) is 4.32. The zero-order valence-corrected chi connectivity index (χ0v) is 26.3. The third-order valence-electron chi connectivity index (χ3n) is 10.4. The van der Waals surface area contributed by atoms with Crippen LogP contribution in [0.25, 0.3) is 6.08 Å². The van der Waals surface area contributed by atoms with E-state index in [1.807, 2.05) is 61.5 Å². The first-order valence-corrected chi connectivity index (χ1v) is 15.8. The molecule has 48 heavy (non-hydrogen) atoms. The lowest BCUT2D eigenvalue weighted by molar-refractivity contribution is -0.139. The molecule has 7 rings (SSSR count). The number of phenolic OH excluding ortho intramolecular Hbond substituents is 1. The van der Waals surface area contributed by atoms with Gasteiger partial charge < -0.3 is 15.6 Å². The average molecular weight is 647 g/mol. The number of imide groups is 4. The number of hydrazine groups is 1. The molecule has 2 aliphatic heterocycles.